The van der Waals surface area contributed by atoms with E-state index in [4.69, 9.17) is 4.74 Å². The van der Waals surface area contributed by atoms with Crippen molar-refractivity contribution in [3.8, 4) is 0 Å². The number of aliphatic hydroxyl groups is 1. The van der Waals surface area contributed by atoms with Gasteiger partial charge in [-0.05, 0) is 19.8 Å². The monoisotopic (exact) mass is 223 g/mol. The third kappa shape index (κ3) is 1.69. The largest absolute Gasteiger partial charge is 0.396 e. The second-order valence-electron chi connectivity index (χ2n) is 5.02. The highest BCUT2D eigenvalue weighted by molar-refractivity contribution is 5.87. The molecule has 2 bridgehead atoms. The predicted octanol–water partition coefficient (Wildman–Crippen LogP) is 0.374. The first-order valence-corrected chi connectivity index (χ1v) is 5.46. The van der Waals surface area contributed by atoms with Gasteiger partial charge in [0.2, 0.25) is 0 Å². The summed E-state index contributed by atoms with van der Waals surface area (Å²) in [5, 5.41) is 12.1. The van der Waals surface area contributed by atoms with Crippen LogP contribution in [0, 0.1) is 5.41 Å². The van der Waals surface area contributed by atoms with Crippen molar-refractivity contribution in [2.45, 2.75) is 31.5 Å². The topological polar surface area (TPSA) is 58.6 Å². The molecular weight excluding hydrogens is 206 g/mol. The molecule has 1 aliphatic carbocycles. The number of hydrogen-bond donors (Lipinski definition) is 2. The maximum absolute atomic E-state index is 11.2. The number of hydrogen-bond acceptors (Lipinski definition) is 3. The molecule has 16 heavy (non-hydrogen) atoms. The van der Waals surface area contributed by atoms with Crippen LogP contribution in [0.4, 0.5) is 0 Å². The summed E-state index contributed by atoms with van der Waals surface area (Å²) < 4.78 is 5.82. The fourth-order valence-electron chi connectivity index (χ4n) is 3.03. The number of ether oxygens (including phenoxy) is 1. The zero-order valence-electron chi connectivity index (χ0n) is 9.45. The summed E-state index contributed by atoms with van der Waals surface area (Å²) in [5.41, 5.74) is 2.19. The molecule has 4 nitrogen and oxygen atoms in total. The van der Waals surface area contributed by atoms with Crippen molar-refractivity contribution in [1.29, 1.82) is 0 Å². The van der Waals surface area contributed by atoms with E-state index in [0.29, 0.717) is 6.54 Å². The van der Waals surface area contributed by atoms with Gasteiger partial charge in [-0.15, -0.1) is 5.73 Å². The molecule has 2 saturated heterocycles. The number of carbonyl (C=O) groups is 1. The van der Waals surface area contributed by atoms with E-state index in [0.717, 1.165) is 12.8 Å². The van der Waals surface area contributed by atoms with E-state index in [2.05, 4.69) is 17.6 Å². The van der Waals surface area contributed by atoms with Gasteiger partial charge in [0.15, 0.2) is 0 Å². The Kier molecular flexibility index (Phi) is 2.66. The molecule has 4 heteroatoms. The van der Waals surface area contributed by atoms with Crippen molar-refractivity contribution in [2.24, 2.45) is 5.41 Å². The molecule has 1 unspecified atom stereocenters. The Morgan fingerprint density at radius 2 is 2.44 bits per heavy atom. The third-order valence-corrected chi connectivity index (χ3v) is 3.57. The zero-order chi connectivity index (χ0) is 11.8. The molecule has 3 aliphatic rings. The zero-order valence-corrected chi connectivity index (χ0v) is 9.45. The highest BCUT2D eigenvalue weighted by atomic mass is 16.5. The Bertz CT molecular complexity index is 351. The molecule has 1 atom stereocenters. The second-order valence-corrected chi connectivity index (χ2v) is 5.02. The van der Waals surface area contributed by atoms with Crippen molar-refractivity contribution in [2.75, 3.05) is 13.2 Å². The van der Waals surface area contributed by atoms with Crippen LogP contribution in [0.25, 0.3) is 0 Å². The van der Waals surface area contributed by atoms with Crippen LogP contribution in [0.2, 0.25) is 0 Å². The Labute approximate surface area is 95.0 Å². The molecule has 1 amide bonds. The highest BCUT2D eigenvalue weighted by Gasteiger charge is 2.64. The molecule has 88 valence electrons. The lowest BCUT2D eigenvalue weighted by Crippen LogP contribution is -2.48. The van der Waals surface area contributed by atoms with Crippen LogP contribution in [0.1, 0.15) is 19.8 Å². The number of rotatable bonds is 4. The second kappa shape index (κ2) is 3.74. The van der Waals surface area contributed by atoms with Gasteiger partial charge in [-0.3, -0.25) is 4.79 Å². The minimum atomic E-state index is -0.221. The molecular formula is C12H17NO3. The van der Waals surface area contributed by atoms with Gasteiger partial charge in [-0.2, -0.15) is 0 Å². The number of amides is 1. The maximum Gasteiger partial charge on any atom is 0.251 e. The Morgan fingerprint density at radius 1 is 1.75 bits per heavy atom. The summed E-state index contributed by atoms with van der Waals surface area (Å²) in [6.45, 7) is 5.94. The first-order valence-electron chi connectivity index (χ1n) is 5.46. The molecule has 0 spiro atoms. The van der Waals surface area contributed by atoms with Crippen LogP contribution in [0.5, 0.6) is 0 Å². The molecule has 0 radical (unpaired) electrons. The van der Waals surface area contributed by atoms with E-state index >= 15 is 0 Å². The summed E-state index contributed by atoms with van der Waals surface area (Å²) in [6.07, 6.45) is 2.94. The molecule has 2 N–H and O–H groups in total. The lowest BCUT2D eigenvalue weighted by atomic mass is 9.61. The fourth-order valence-corrected chi connectivity index (χ4v) is 3.03. The molecule has 0 aromatic heterocycles. The first kappa shape index (κ1) is 11.4. The number of fused-ring (bicyclic) bond motifs is 1. The maximum atomic E-state index is 11.2. The van der Waals surface area contributed by atoms with E-state index in [1.807, 2.05) is 6.92 Å². The van der Waals surface area contributed by atoms with Crippen molar-refractivity contribution in [3.05, 3.63) is 18.4 Å². The van der Waals surface area contributed by atoms with Crippen LogP contribution in [0.15, 0.2) is 18.4 Å². The fraction of sp³-hybridized carbons (Fsp3) is 0.667. The van der Waals surface area contributed by atoms with Crippen molar-refractivity contribution in [3.63, 3.8) is 0 Å². The average molecular weight is 223 g/mol. The Hall–Kier alpha value is -1.09. The summed E-state index contributed by atoms with van der Waals surface area (Å²) in [7, 11) is 0. The summed E-state index contributed by atoms with van der Waals surface area (Å²) in [4.78, 5) is 11.2. The predicted molar refractivity (Wildman–Crippen MR) is 58.8 cm³/mol. The van der Waals surface area contributed by atoms with Gasteiger partial charge in [0.1, 0.15) is 0 Å². The van der Waals surface area contributed by atoms with E-state index in [9.17, 15) is 9.90 Å². The molecule has 0 aromatic rings. The average Bonchev–Trinajstić information content (AvgIpc) is 2.63. The van der Waals surface area contributed by atoms with Crippen LogP contribution in [-0.4, -0.2) is 35.9 Å². The summed E-state index contributed by atoms with van der Waals surface area (Å²) in [5.74, 6) is -0.221. The van der Waals surface area contributed by atoms with Crippen molar-refractivity contribution in [1.82, 2.24) is 5.32 Å². The minimum absolute atomic E-state index is 0.0790. The van der Waals surface area contributed by atoms with Crippen LogP contribution < -0.4 is 5.32 Å². The van der Waals surface area contributed by atoms with E-state index in [1.54, 1.807) is 0 Å². The number of carbonyl (C=O) groups excluding carboxylic acids is 1. The lowest BCUT2D eigenvalue weighted by molar-refractivity contribution is -0.117. The van der Waals surface area contributed by atoms with Crippen LogP contribution >= 0.6 is 0 Å². The SMILES string of the molecule is C=C=CC(=O)NCC1OC2(C)CC1(CO)C2. The third-order valence-electron chi connectivity index (χ3n) is 3.57. The van der Waals surface area contributed by atoms with Gasteiger partial charge in [0.05, 0.1) is 18.3 Å². The number of aliphatic hydroxyl groups excluding tert-OH is 1. The van der Waals surface area contributed by atoms with Crippen molar-refractivity contribution >= 4 is 5.91 Å². The molecule has 3 rings (SSSR count). The van der Waals surface area contributed by atoms with Gasteiger partial charge >= 0.3 is 0 Å². The van der Waals surface area contributed by atoms with Gasteiger partial charge in [0, 0.05) is 18.0 Å². The lowest BCUT2D eigenvalue weighted by Gasteiger charge is -2.42. The highest BCUT2D eigenvalue weighted by Crippen LogP contribution is 2.60. The standard InChI is InChI=1S/C12H17NO3/c1-3-4-10(15)13-5-9-12(8-14)6-11(2,7-12)16-9/h4,9,14H,1,5-8H2,2H3,(H,13,15). The number of nitrogens with one attached hydrogen (secondary N) is 1. The molecule has 0 aromatic carbocycles. The Balaban J connectivity index is 1.92. The van der Waals surface area contributed by atoms with E-state index in [-0.39, 0.29) is 29.6 Å². The van der Waals surface area contributed by atoms with Crippen LogP contribution in [-0.2, 0) is 9.53 Å². The molecule has 2 aliphatic heterocycles. The van der Waals surface area contributed by atoms with Crippen LogP contribution in [0.3, 0.4) is 0 Å². The van der Waals surface area contributed by atoms with Gasteiger partial charge in [0.25, 0.3) is 5.91 Å². The van der Waals surface area contributed by atoms with Gasteiger partial charge < -0.3 is 15.2 Å². The van der Waals surface area contributed by atoms with E-state index < -0.39 is 0 Å². The molecule has 3 fully saturated rings. The van der Waals surface area contributed by atoms with Gasteiger partial charge in [-0.25, -0.2) is 0 Å². The summed E-state index contributed by atoms with van der Waals surface area (Å²) >= 11 is 0. The first-order chi connectivity index (χ1) is 7.53. The quantitative estimate of drug-likeness (QED) is 0.535. The smallest absolute Gasteiger partial charge is 0.251 e. The van der Waals surface area contributed by atoms with Crippen molar-refractivity contribution < 1.29 is 14.6 Å². The molecule has 1 saturated carbocycles. The molecule has 2 heterocycles. The normalized spacial score (nSPS) is 39.8. The van der Waals surface area contributed by atoms with Gasteiger partial charge in [-0.1, -0.05) is 6.58 Å². The Morgan fingerprint density at radius 3 is 3.00 bits per heavy atom. The minimum Gasteiger partial charge on any atom is -0.396 e. The van der Waals surface area contributed by atoms with E-state index in [1.165, 1.54) is 6.08 Å². The summed E-state index contributed by atoms with van der Waals surface area (Å²) in [6, 6.07) is 0.